The first-order valence-corrected chi connectivity index (χ1v) is 21.1. The van der Waals surface area contributed by atoms with Gasteiger partial charge in [-0.05, 0) is 75.6 Å². The van der Waals surface area contributed by atoms with E-state index in [1.165, 1.54) is 22.9 Å². The van der Waals surface area contributed by atoms with Crippen LogP contribution in [0.3, 0.4) is 0 Å². The monoisotopic (exact) mass is 802 g/mol. The number of fused-ring (bicyclic) bond motifs is 3. The van der Waals surface area contributed by atoms with Crippen molar-refractivity contribution in [2.24, 2.45) is 5.92 Å². The summed E-state index contributed by atoms with van der Waals surface area (Å²) in [7, 11) is -2.48. The largest absolute Gasteiger partial charge is 0.494 e. The van der Waals surface area contributed by atoms with Crippen LogP contribution in [-0.4, -0.2) is 89.0 Å². The Kier molecular flexibility index (Phi) is 10.9. The molecule has 57 heavy (non-hydrogen) atoms. The van der Waals surface area contributed by atoms with Gasteiger partial charge in [-0.15, -0.1) is 0 Å². The summed E-state index contributed by atoms with van der Waals surface area (Å²) in [5.41, 5.74) is -2.02. The van der Waals surface area contributed by atoms with Crippen LogP contribution in [0.4, 0.5) is 4.79 Å². The van der Waals surface area contributed by atoms with Crippen LogP contribution in [0.2, 0.25) is 0 Å². The second kappa shape index (κ2) is 15.6. The third kappa shape index (κ3) is 8.41. The van der Waals surface area contributed by atoms with Gasteiger partial charge in [-0.25, -0.2) is 17.9 Å². The molecule has 2 unspecified atom stereocenters. The van der Waals surface area contributed by atoms with E-state index < -0.39 is 79.8 Å². The van der Waals surface area contributed by atoms with Gasteiger partial charge in [0.05, 0.1) is 30.2 Å². The third-order valence-corrected chi connectivity index (χ3v) is 13.0. The molecule has 15 nitrogen and oxygen atoms in total. The van der Waals surface area contributed by atoms with Gasteiger partial charge >= 0.3 is 6.09 Å². The van der Waals surface area contributed by atoms with E-state index in [1.54, 1.807) is 20.8 Å². The molecule has 2 aliphatic heterocycles. The number of carbonyl (C=O) groups is 4. The van der Waals surface area contributed by atoms with Gasteiger partial charge in [-0.2, -0.15) is 5.10 Å². The van der Waals surface area contributed by atoms with Crippen LogP contribution in [0, 0.1) is 5.92 Å². The maximum atomic E-state index is 14.7. The lowest BCUT2D eigenvalue weighted by Crippen LogP contribution is -2.58. The molecule has 0 radical (unpaired) electrons. The van der Waals surface area contributed by atoms with E-state index >= 15 is 0 Å². The molecule has 4 amide bonds. The van der Waals surface area contributed by atoms with Crippen LogP contribution in [0.25, 0.3) is 21.9 Å². The molecule has 2 aromatic carbocycles. The van der Waals surface area contributed by atoms with Crippen molar-refractivity contribution < 1.29 is 37.1 Å². The Balaban J connectivity index is 1.27. The molecule has 2 saturated carbocycles. The van der Waals surface area contributed by atoms with E-state index in [2.05, 4.69) is 20.5 Å². The van der Waals surface area contributed by atoms with Gasteiger partial charge in [-0.3, -0.25) is 23.9 Å². The molecule has 0 bridgehead atoms. The molecule has 4 aliphatic rings. The van der Waals surface area contributed by atoms with Gasteiger partial charge in [-0.1, -0.05) is 67.5 Å². The van der Waals surface area contributed by atoms with Crippen molar-refractivity contribution >= 4 is 44.6 Å². The lowest BCUT2D eigenvalue weighted by atomic mass is 9.99. The molecule has 3 N–H and O–H groups in total. The Hall–Kier alpha value is -5.25. The highest BCUT2D eigenvalue weighted by Crippen LogP contribution is 2.46. The summed E-state index contributed by atoms with van der Waals surface area (Å²) >= 11 is 0. The first-order valence-electron chi connectivity index (χ1n) is 19.6. The zero-order valence-corrected chi connectivity index (χ0v) is 33.5. The Morgan fingerprint density at radius 3 is 2.49 bits per heavy atom. The number of sulfonamides is 1. The summed E-state index contributed by atoms with van der Waals surface area (Å²) in [6.07, 6.45) is 8.41. The van der Waals surface area contributed by atoms with E-state index in [1.807, 2.05) is 54.6 Å². The highest BCUT2D eigenvalue weighted by Gasteiger charge is 2.62. The van der Waals surface area contributed by atoms with E-state index in [4.69, 9.17) is 9.47 Å². The van der Waals surface area contributed by atoms with E-state index in [-0.39, 0.29) is 37.1 Å². The van der Waals surface area contributed by atoms with Crippen LogP contribution < -0.4 is 25.7 Å². The minimum atomic E-state index is -3.93. The highest BCUT2D eigenvalue weighted by molar-refractivity contribution is 7.91. The number of aromatic nitrogens is 2. The molecule has 1 saturated heterocycles. The summed E-state index contributed by atoms with van der Waals surface area (Å²) in [6, 6.07) is 10.1. The SMILES string of the molecule is COc1cnn(C2C[C@H]3C(=O)NC4(C(=O)NS(=O)(=O)C5CC5)C[C@H]4/C=C\CCCCC[C@H](NC(=O)OC(C)(C)C)C(=O)N3C2)c(=O)c1-c1cccc2ccccc12. The second-order valence-electron chi connectivity index (χ2n) is 16.5. The number of allylic oxidation sites excluding steroid dienone is 1. The maximum Gasteiger partial charge on any atom is 0.408 e. The van der Waals surface area contributed by atoms with Crippen molar-refractivity contribution in [3.05, 3.63) is 71.2 Å². The Morgan fingerprint density at radius 2 is 1.75 bits per heavy atom. The van der Waals surface area contributed by atoms with Gasteiger partial charge in [0.1, 0.15) is 23.2 Å². The van der Waals surface area contributed by atoms with Crippen LogP contribution in [0.5, 0.6) is 5.75 Å². The van der Waals surface area contributed by atoms with Gasteiger partial charge in [0, 0.05) is 18.9 Å². The highest BCUT2D eigenvalue weighted by atomic mass is 32.2. The molecular weight excluding hydrogens is 753 g/mol. The Labute approximate surface area is 331 Å². The third-order valence-electron chi connectivity index (χ3n) is 11.1. The zero-order chi connectivity index (χ0) is 40.7. The number of ether oxygens (including phenoxy) is 2. The van der Waals surface area contributed by atoms with E-state index in [0.717, 1.165) is 23.6 Å². The van der Waals surface area contributed by atoms with Crippen LogP contribution >= 0.6 is 0 Å². The average molecular weight is 803 g/mol. The Morgan fingerprint density at radius 1 is 1.00 bits per heavy atom. The fourth-order valence-electron chi connectivity index (χ4n) is 7.96. The fourth-order valence-corrected chi connectivity index (χ4v) is 9.33. The number of alkyl carbamates (subject to hydrolysis) is 1. The standard InChI is InChI=1S/C41H50N6O9S/c1-40(2,3)56-39(52)43-31-18-9-7-5-6-8-15-26-22-41(26,38(51)45-57(53,54)28-19-20-28)44-35(48)32-21-27(24-46(32)36(31)49)47-37(50)34(33(55-4)23-42-47)30-17-12-14-25-13-10-11-16-29(25)30/h8,10-17,23,26-28,31-32H,5-7,9,18-22,24H2,1-4H3,(H,43,52)(H,44,48)(H,45,51)/b15-8-/t26-,27?,31+,32+,41?/m1/s1. The summed E-state index contributed by atoms with van der Waals surface area (Å²) < 4.78 is 40.4. The van der Waals surface area contributed by atoms with Crippen LogP contribution in [0.1, 0.15) is 84.6 Å². The van der Waals surface area contributed by atoms with Crippen molar-refractivity contribution in [1.29, 1.82) is 0 Å². The number of rotatable bonds is 7. The number of amides is 4. The average Bonchev–Trinajstić information content (AvgIpc) is 4.09. The number of hydrogen-bond donors (Lipinski definition) is 3. The quantitative estimate of drug-likeness (QED) is 0.293. The van der Waals surface area contributed by atoms with Crippen molar-refractivity contribution in [1.82, 2.24) is 30.0 Å². The number of benzene rings is 2. The number of nitrogens with zero attached hydrogens (tertiary/aromatic N) is 3. The molecule has 3 aromatic rings. The van der Waals surface area contributed by atoms with Crippen molar-refractivity contribution in [3.8, 4) is 16.9 Å². The predicted molar refractivity (Wildman–Crippen MR) is 212 cm³/mol. The van der Waals surface area contributed by atoms with Gasteiger partial charge in [0.25, 0.3) is 11.5 Å². The first kappa shape index (κ1) is 40.0. The molecule has 304 valence electrons. The summed E-state index contributed by atoms with van der Waals surface area (Å²) in [5, 5.41) is 11.1. The number of nitrogens with one attached hydrogen (secondary N) is 3. The number of hydrogen-bond acceptors (Lipinski definition) is 10. The molecule has 5 atom stereocenters. The second-order valence-corrected chi connectivity index (χ2v) is 18.4. The smallest absolute Gasteiger partial charge is 0.408 e. The minimum absolute atomic E-state index is 0.0660. The molecule has 3 heterocycles. The summed E-state index contributed by atoms with van der Waals surface area (Å²) in [6.45, 7) is 5.00. The van der Waals surface area contributed by atoms with E-state index in [0.29, 0.717) is 31.2 Å². The number of methoxy groups -OCH3 is 1. The lowest BCUT2D eigenvalue weighted by molar-refractivity contribution is -0.141. The van der Waals surface area contributed by atoms with Gasteiger partial charge < -0.3 is 25.0 Å². The molecule has 0 spiro atoms. The van der Waals surface area contributed by atoms with Crippen molar-refractivity contribution in [3.63, 3.8) is 0 Å². The molecule has 2 aliphatic carbocycles. The normalized spacial score (nSPS) is 26.2. The molecule has 3 fully saturated rings. The Bertz CT molecular complexity index is 2280. The lowest BCUT2D eigenvalue weighted by Gasteiger charge is -2.30. The molecular formula is C41H50N6O9S. The van der Waals surface area contributed by atoms with Crippen molar-refractivity contribution in [2.75, 3.05) is 13.7 Å². The van der Waals surface area contributed by atoms with Gasteiger partial charge in [0.2, 0.25) is 21.8 Å². The summed E-state index contributed by atoms with van der Waals surface area (Å²) in [5.74, 6) is -2.31. The minimum Gasteiger partial charge on any atom is -0.494 e. The predicted octanol–water partition coefficient (Wildman–Crippen LogP) is 4.11. The zero-order valence-electron chi connectivity index (χ0n) is 32.7. The van der Waals surface area contributed by atoms with Gasteiger partial charge in [0.15, 0.2) is 5.75 Å². The van der Waals surface area contributed by atoms with Crippen LogP contribution in [-0.2, 0) is 29.1 Å². The van der Waals surface area contributed by atoms with Crippen LogP contribution in [0.15, 0.2) is 65.6 Å². The summed E-state index contributed by atoms with van der Waals surface area (Å²) in [4.78, 5) is 72.0. The molecule has 1 aromatic heterocycles. The van der Waals surface area contributed by atoms with Crippen molar-refractivity contribution in [2.45, 2.75) is 113 Å². The fraction of sp³-hybridized carbons (Fsp3) is 0.512. The van der Waals surface area contributed by atoms with E-state index in [9.17, 15) is 32.4 Å². The topological polar surface area (TPSA) is 195 Å². The number of carbonyl (C=O) groups excluding carboxylic acids is 4. The molecule has 16 heteroatoms. The first-order chi connectivity index (χ1) is 27.1. The maximum absolute atomic E-state index is 14.7. The molecule has 7 rings (SSSR count).